The summed E-state index contributed by atoms with van der Waals surface area (Å²) in [5.41, 5.74) is 6.30. The summed E-state index contributed by atoms with van der Waals surface area (Å²) in [7, 11) is 0. The number of allylic oxidation sites excluding steroid dienone is 5. The van der Waals surface area contributed by atoms with Crippen LogP contribution in [0.3, 0.4) is 0 Å². The Kier molecular flexibility index (Phi) is 16.0. The maximum atomic E-state index is 10.2. The smallest absolute Gasteiger partial charge is 0.0784 e. The molecule has 1 heteroatoms. The second-order valence-corrected chi connectivity index (χ2v) is 11.4. The molecule has 0 amide bonds. The molecule has 0 aromatic heterocycles. The number of aliphatic hydroxyl groups excluding tert-OH is 1. The summed E-state index contributed by atoms with van der Waals surface area (Å²) in [5.74, 6) is 2.47. The van der Waals surface area contributed by atoms with E-state index in [4.69, 9.17) is 0 Å². The van der Waals surface area contributed by atoms with Crippen LogP contribution in [-0.4, -0.2) is 11.2 Å². The van der Waals surface area contributed by atoms with E-state index in [1.54, 1.807) is 11.1 Å². The summed E-state index contributed by atoms with van der Waals surface area (Å²) in [6.07, 6.45) is 24.5. The van der Waals surface area contributed by atoms with Crippen LogP contribution >= 0.6 is 0 Å². The van der Waals surface area contributed by atoms with E-state index in [0.29, 0.717) is 5.41 Å². The Morgan fingerprint density at radius 1 is 1.08 bits per heavy atom. The first-order valence-electron chi connectivity index (χ1n) is 15.8. The van der Waals surface area contributed by atoms with Crippen molar-refractivity contribution < 1.29 is 5.11 Å². The molecule has 1 N–H and O–H groups in total. The molecular formula is C35H62O. The van der Waals surface area contributed by atoms with E-state index in [-0.39, 0.29) is 6.10 Å². The van der Waals surface area contributed by atoms with Crippen molar-refractivity contribution in [3.05, 3.63) is 47.1 Å². The molecule has 3 rings (SSSR count). The van der Waals surface area contributed by atoms with Crippen LogP contribution in [-0.2, 0) is 0 Å². The van der Waals surface area contributed by atoms with Crippen LogP contribution in [0.4, 0.5) is 0 Å². The first kappa shape index (κ1) is 32.9. The molecule has 3 saturated carbocycles. The van der Waals surface area contributed by atoms with Crippen LogP contribution in [0.15, 0.2) is 47.1 Å². The van der Waals surface area contributed by atoms with Crippen LogP contribution in [0.25, 0.3) is 0 Å². The fraction of sp³-hybridized carbons (Fsp3) is 0.771. The van der Waals surface area contributed by atoms with Gasteiger partial charge in [-0.2, -0.15) is 0 Å². The van der Waals surface area contributed by atoms with E-state index < -0.39 is 0 Å². The average Bonchev–Trinajstić information content (AvgIpc) is 3.26. The highest BCUT2D eigenvalue weighted by molar-refractivity contribution is 5.28. The van der Waals surface area contributed by atoms with Gasteiger partial charge in [0.25, 0.3) is 0 Å². The van der Waals surface area contributed by atoms with Gasteiger partial charge >= 0.3 is 0 Å². The van der Waals surface area contributed by atoms with Gasteiger partial charge in [0.05, 0.1) is 6.10 Å². The lowest BCUT2D eigenvalue weighted by molar-refractivity contribution is 0.0946. The van der Waals surface area contributed by atoms with Crippen molar-refractivity contribution in [2.75, 3.05) is 0 Å². The summed E-state index contributed by atoms with van der Waals surface area (Å²) < 4.78 is 0. The summed E-state index contributed by atoms with van der Waals surface area (Å²) >= 11 is 0. The molecule has 0 aliphatic heterocycles. The number of unbranched alkanes of at least 4 members (excludes halogenated alkanes) is 1. The van der Waals surface area contributed by atoms with Crippen molar-refractivity contribution in [1.82, 2.24) is 0 Å². The maximum absolute atomic E-state index is 10.2. The largest absolute Gasteiger partial charge is 0.388 e. The standard InChI is InChI=1S/C31H50O.2C2H6/c1-6-8-12-25(7-2)13-9-11-23(3)28-19-20-29-27(14-10-21-31(28,29)5)18-17-26-16-15-24(4)30(32)22-26;2*1-2/h13,17-18,23,28-30,32H,4,6-12,14-16,19-22H2,1-3,5H3;2*1-2H3/b25-13-,26-17-,27-18+;;/t23-,28?,29?,30+,31+;;/m0../s1. The van der Waals surface area contributed by atoms with E-state index in [0.717, 1.165) is 42.6 Å². The molecule has 0 aromatic rings. The van der Waals surface area contributed by atoms with Gasteiger partial charge in [-0.25, -0.2) is 0 Å². The van der Waals surface area contributed by atoms with Gasteiger partial charge < -0.3 is 5.11 Å². The first-order valence-corrected chi connectivity index (χ1v) is 15.8. The highest BCUT2D eigenvalue weighted by atomic mass is 16.3. The minimum atomic E-state index is -0.328. The number of aliphatic hydroxyl groups is 1. The molecule has 3 aliphatic carbocycles. The Labute approximate surface area is 226 Å². The average molecular weight is 499 g/mol. The Balaban J connectivity index is 0.00000154. The molecule has 2 unspecified atom stereocenters. The van der Waals surface area contributed by atoms with Crippen molar-refractivity contribution in [1.29, 1.82) is 0 Å². The Hall–Kier alpha value is -1.08. The molecule has 0 saturated heterocycles. The first-order chi connectivity index (χ1) is 17.4. The molecular weight excluding hydrogens is 436 g/mol. The predicted molar refractivity (Wildman–Crippen MR) is 162 cm³/mol. The van der Waals surface area contributed by atoms with Gasteiger partial charge in [-0.05, 0) is 112 Å². The maximum Gasteiger partial charge on any atom is 0.0784 e. The molecule has 0 aromatic carbocycles. The molecule has 0 heterocycles. The fourth-order valence-electron chi connectivity index (χ4n) is 7.15. The molecule has 3 aliphatic rings. The summed E-state index contributed by atoms with van der Waals surface area (Å²) in [6, 6.07) is 0. The third kappa shape index (κ3) is 9.04. The Bertz CT molecular complexity index is 723. The molecule has 0 bridgehead atoms. The predicted octanol–water partition coefficient (Wildman–Crippen LogP) is 11.2. The van der Waals surface area contributed by atoms with Crippen LogP contribution in [0.1, 0.15) is 145 Å². The van der Waals surface area contributed by atoms with Crippen LogP contribution < -0.4 is 0 Å². The molecule has 1 nitrogen and oxygen atoms in total. The Morgan fingerprint density at radius 2 is 1.81 bits per heavy atom. The second-order valence-electron chi connectivity index (χ2n) is 11.4. The van der Waals surface area contributed by atoms with Crippen molar-refractivity contribution in [2.24, 2.45) is 23.2 Å². The molecule has 5 atom stereocenters. The lowest BCUT2D eigenvalue weighted by Gasteiger charge is -2.44. The quantitative estimate of drug-likeness (QED) is 0.313. The van der Waals surface area contributed by atoms with Gasteiger partial charge in [-0.3, -0.25) is 0 Å². The van der Waals surface area contributed by atoms with Crippen molar-refractivity contribution in [2.45, 2.75) is 151 Å². The zero-order valence-corrected chi connectivity index (χ0v) is 25.6. The van der Waals surface area contributed by atoms with Crippen LogP contribution in [0, 0.1) is 23.2 Å². The summed E-state index contributed by atoms with van der Waals surface area (Å²) in [5, 5.41) is 10.2. The number of hydrogen-bond acceptors (Lipinski definition) is 1. The molecule has 0 spiro atoms. The zero-order chi connectivity index (χ0) is 27.1. The van der Waals surface area contributed by atoms with E-state index in [2.05, 4.69) is 52.5 Å². The van der Waals surface area contributed by atoms with Crippen molar-refractivity contribution in [3.8, 4) is 0 Å². The normalized spacial score (nSPS) is 31.3. The summed E-state index contributed by atoms with van der Waals surface area (Å²) in [4.78, 5) is 0. The molecule has 36 heavy (non-hydrogen) atoms. The minimum absolute atomic E-state index is 0.328. The zero-order valence-electron chi connectivity index (χ0n) is 25.6. The summed E-state index contributed by atoms with van der Waals surface area (Å²) in [6.45, 7) is 21.8. The van der Waals surface area contributed by atoms with Crippen LogP contribution in [0.5, 0.6) is 0 Å². The lowest BCUT2D eigenvalue weighted by Crippen LogP contribution is -2.36. The Morgan fingerprint density at radius 3 is 2.44 bits per heavy atom. The van der Waals surface area contributed by atoms with Gasteiger partial charge in [-0.15, -0.1) is 0 Å². The van der Waals surface area contributed by atoms with E-state index in [1.165, 1.54) is 76.2 Å². The highest BCUT2D eigenvalue weighted by Gasteiger charge is 2.50. The molecule has 3 fully saturated rings. The van der Waals surface area contributed by atoms with Gasteiger partial charge in [0.15, 0.2) is 0 Å². The van der Waals surface area contributed by atoms with Crippen molar-refractivity contribution in [3.63, 3.8) is 0 Å². The monoisotopic (exact) mass is 498 g/mol. The third-order valence-electron chi connectivity index (χ3n) is 9.31. The van der Waals surface area contributed by atoms with E-state index in [9.17, 15) is 5.11 Å². The number of fused-ring (bicyclic) bond motifs is 1. The topological polar surface area (TPSA) is 20.2 Å². The van der Waals surface area contributed by atoms with Crippen molar-refractivity contribution >= 4 is 0 Å². The van der Waals surface area contributed by atoms with Gasteiger partial charge in [-0.1, -0.05) is 103 Å². The molecule has 0 radical (unpaired) electrons. The van der Waals surface area contributed by atoms with Gasteiger partial charge in [0.2, 0.25) is 0 Å². The third-order valence-corrected chi connectivity index (χ3v) is 9.31. The minimum Gasteiger partial charge on any atom is -0.388 e. The number of rotatable bonds is 9. The van der Waals surface area contributed by atoms with Gasteiger partial charge in [0.1, 0.15) is 0 Å². The van der Waals surface area contributed by atoms with E-state index in [1.807, 2.05) is 27.7 Å². The highest BCUT2D eigenvalue weighted by Crippen LogP contribution is 2.59. The lowest BCUT2D eigenvalue weighted by atomic mass is 9.60. The molecule has 208 valence electrons. The SMILES string of the molecule is C=C1CC/C(=C/C=C2\CCC[C@@]3(C)C2CCC3[C@@H](C)CC/C=C(/CC)CCCC)C[C@H]1O.CC.CC. The van der Waals surface area contributed by atoms with E-state index >= 15 is 0 Å². The fourth-order valence-corrected chi connectivity index (χ4v) is 7.15. The van der Waals surface area contributed by atoms with Gasteiger partial charge in [0, 0.05) is 0 Å². The number of hydrogen-bond donors (Lipinski definition) is 1. The van der Waals surface area contributed by atoms with Crippen LogP contribution in [0.2, 0.25) is 0 Å². The second kappa shape index (κ2) is 17.4.